The predicted octanol–water partition coefficient (Wildman–Crippen LogP) is 1.74. The minimum Gasteiger partial charge on any atom is -0.464 e. The average Bonchev–Trinajstić information content (AvgIpc) is 2.31. The number of nitrogens with zero attached hydrogens (tertiary/aromatic N) is 1. The van der Waals surface area contributed by atoms with Crippen molar-refractivity contribution in [3.05, 3.63) is 29.3 Å². The molecule has 0 bridgehead atoms. The molecule has 17 heavy (non-hydrogen) atoms. The molecule has 1 amide bonds. The third kappa shape index (κ3) is 3.93. The van der Waals surface area contributed by atoms with Crippen molar-refractivity contribution in [3.63, 3.8) is 0 Å². The molecule has 1 aromatic carbocycles. The minimum absolute atomic E-state index is 0.519. The van der Waals surface area contributed by atoms with Crippen LogP contribution in [0.25, 0.3) is 0 Å². The maximum Gasteiger partial charge on any atom is 0.423 e. The molecule has 0 heterocycles. The van der Waals surface area contributed by atoms with Gasteiger partial charge < -0.3 is 15.3 Å². The van der Waals surface area contributed by atoms with Gasteiger partial charge in [0.05, 0.1) is 5.69 Å². The number of rotatable bonds is 5. The van der Waals surface area contributed by atoms with E-state index in [0.29, 0.717) is 17.0 Å². The summed E-state index contributed by atoms with van der Waals surface area (Å²) in [5, 5.41) is 10.2. The molecule has 0 saturated carbocycles. The number of carbonyl (C=O) groups excluding carboxylic acids is 1. The predicted molar refractivity (Wildman–Crippen MR) is 63.6 cm³/mol. The highest BCUT2D eigenvalue weighted by Gasteiger charge is 2.18. The average molecular weight is 258 g/mol. The topological polar surface area (TPSA) is 81.7 Å². The van der Waals surface area contributed by atoms with Crippen LogP contribution < -0.4 is 11.0 Å². The molecule has 0 aromatic heterocycles. The van der Waals surface area contributed by atoms with Crippen LogP contribution >= 0.6 is 11.6 Å². The molecule has 0 spiro atoms. The van der Waals surface area contributed by atoms with E-state index in [1.54, 1.807) is 24.3 Å². The fourth-order valence-corrected chi connectivity index (χ4v) is 1.17. The number of hydrogen-bond acceptors (Lipinski definition) is 4. The van der Waals surface area contributed by atoms with Gasteiger partial charge in [-0.2, -0.15) is 0 Å². The van der Waals surface area contributed by atoms with Crippen LogP contribution in [-0.2, 0) is 4.79 Å². The fraction of sp³-hybridized carbons (Fsp3) is 0.200. The van der Waals surface area contributed by atoms with Crippen molar-refractivity contribution in [2.75, 3.05) is 5.43 Å². The summed E-state index contributed by atoms with van der Waals surface area (Å²) in [6, 6.07) is 5.84. The maximum absolute atomic E-state index is 10.8. The Hall–Kier alpha value is -1.79. The number of benzene rings is 1. The monoisotopic (exact) mass is 257 g/mol. The van der Waals surface area contributed by atoms with Crippen molar-refractivity contribution in [3.8, 4) is 0 Å². The van der Waals surface area contributed by atoms with Gasteiger partial charge in [0.1, 0.15) is 12.3 Å². The molecule has 0 saturated heterocycles. The Bertz CT molecular complexity index is 396. The first-order valence-corrected chi connectivity index (χ1v) is 5.17. The molecule has 0 aliphatic heterocycles. The summed E-state index contributed by atoms with van der Waals surface area (Å²) in [4.78, 5) is 21.3. The Morgan fingerprint density at radius 1 is 1.47 bits per heavy atom. The first-order valence-electron chi connectivity index (χ1n) is 4.79. The highest BCUT2D eigenvalue weighted by atomic mass is 35.5. The number of aldehydes is 1. The molecule has 1 unspecified atom stereocenters. The smallest absolute Gasteiger partial charge is 0.423 e. The summed E-state index contributed by atoms with van der Waals surface area (Å²) in [7, 11) is 0. The van der Waals surface area contributed by atoms with Crippen LogP contribution in [0.15, 0.2) is 24.3 Å². The van der Waals surface area contributed by atoms with Crippen molar-refractivity contribution < 1.29 is 14.7 Å². The van der Waals surface area contributed by atoms with E-state index in [9.17, 15) is 9.59 Å². The molecule has 1 aromatic rings. The third-order valence-electron chi connectivity index (χ3n) is 1.98. The molecule has 0 radical (unpaired) electrons. The van der Waals surface area contributed by atoms with Gasteiger partial charge in [-0.15, -0.1) is 5.53 Å². The van der Waals surface area contributed by atoms with E-state index in [4.69, 9.17) is 16.7 Å². The van der Waals surface area contributed by atoms with E-state index < -0.39 is 12.1 Å². The van der Waals surface area contributed by atoms with Crippen molar-refractivity contribution >= 4 is 29.7 Å². The van der Waals surface area contributed by atoms with E-state index in [-0.39, 0.29) is 0 Å². The number of halogens is 1. The standard InChI is InChI=1S/C10H12ClN3O3/c1-7(6-15)14(10(16)17)13-12-9-4-2-8(11)3-5-9/h2-7,12-13H,1H3,(H,16,17). The molecule has 1 rings (SSSR count). The molecule has 0 fully saturated rings. The number of nitrogens with one attached hydrogen (secondary N) is 2. The highest BCUT2D eigenvalue weighted by molar-refractivity contribution is 6.30. The van der Waals surface area contributed by atoms with E-state index >= 15 is 0 Å². The van der Waals surface area contributed by atoms with Crippen LogP contribution in [0.2, 0.25) is 5.02 Å². The number of amides is 1. The highest BCUT2D eigenvalue weighted by Crippen LogP contribution is 2.12. The lowest BCUT2D eigenvalue weighted by molar-refractivity contribution is -0.112. The van der Waals surface area contributed by atoms with Gasteiger partial charge in [-0.05, 0) is 31.2 Å². The Morgan fingerprint density at radius 2 is 2.06 bits per heavy atom. The van der Waals surface area contributed by atoms with Crippen molar-refractivity contribution in [2.24, 2.45) is 0 Å². The first-order chi connectivity index (χ1) is 8.04. The Balaban J connectivity index is 2.60. The van der Waals surface area contributed by atoms with Gasteiger partial charge in [0.15, 0.2) is 0 Å². The van der Waals surface area contributed by atoms with Gasteiger partial charge in [-0.3, -0.25) is 0 Å². The summed E-state index contributed by atoms with van der Waals surface area (Å²) in [5.74, 6) is 0. The summed E-state index contributed by atoms with van der Waals surface area (Å²) in [6.07, 6.45) is -0.740. The zero-order valence-electron chi connectivity index (χ0n) is 9.05. The molecule has 6 nitrogen and oxygen atoms in total. The first kappa shape index (κ1) is 13.3. The number of anilines is 1. The van der Waals surface area contributed by atoms with Crippen LogP contribution in [0.4, 0.5) is 10.5 Å². The van der Waals surface area contributed by atoms with Crippen molar-refractivity contribution in [2.45, 2.75) is 13.0 Å². The van der Waals surface area contributed by atoms with Crippen LogP contribution in [-0.4, -0.2) is 28.5 Å². The number of carboxylic acid groups (broad SMARTS) is 1. The molecule has 0 aliphatic carbocycles. The van der Waals surface area contributed by atoms with Gasteiger partial charge in [0.2, 0.25) is 0 Å². The lowest BCUT2D eigenvalue weighted by Gasteiger charge is -2.23. The van der Waals surface area contributed by atoms with Gasteiger partial charge in [0, 0.05) is 5.02 Å². The van der Waals surface area contributed by atoms with Crippen LogP contribution in [0.1, 0.15) is 6.92 Å². The third-order valence-corrected chi connectivity index (χ3v) is 2.23. The molecular weight excluding hydrogens is 246 g/mol. The van der Waals surface area contributed by atoms with Gasteiger partial charge in [-0.25, -0.2) is 9.80 Å². The lowest BCUT2D eigenvalue weighted by atomic mass is 10.3. The largest absolute Gasteiger partial charge is 0.464 e. The molecule has 92 valence electrons. The quantitative estimate of drug-likeness (QED) is 0.553. The molecular formula is C10H12ClN3O3. The Morgan fingerprint density at radius 3 is 2.53 bits per heavy atom. The van der Waals surface area contributed by atoms with E-state index in [1.807, 2.05) is 0 Å². The van der Waals surface area contributed by atoms with Crippen LogP contribution in [0.3, 0.4) is 0 Å². The summed E-state index contributed by atoms with van der Waals surface area (Å²) >= 11 is 5.70. The fourth-order valence-electron chi connectivity index (χ4n) is 1.04. The summed E-state index contributed by atoms with van der Waals surface area (Å²) in [6.45, 7) is 1.46. The normalized spacial score (nSPS) is 11.6. The second kappa shape index (κ2) is 6.07. The maximum atomic E-state index is 10.8. The molecule has 7 heteroatoms. The van der Waals surface area contributed by atoms with Crippen molar-refractivity contribution in [1.82, 2.24) is 10.5 Å². The second-order valence-corrected chi connectivity index (χ2v) is 3.71. The van der Waals surface area contributed by atoms with Gasteiger partial charge >= 0.3 is 6.09 Å². The van der Waals surface area contributed by atoms with E-state index in [0.717, 1.165) is 5.01 Å². The van der Waals surface area contributed by atoms with Crippen LogP contribution in [0.5, 0.6) is 0 Å². The van der Waals surface area contributed by atoms with E-state index in [1.165, 1.54) is 6.92 Å². The molecule has 1 atom stereocenters. The van der Waals surface area contributed by atoms with Gasteiger partial charge in [0.25, 0.3) is 0 Å². The lowest BCUT2D eigenvalue weighted by Crippen LogP contribution is -2.50. The molecule has 3 N–H and O–H groups in total. The summed E-state index contributed by atoms with van der Waals surface area (Å²) in [5.41, 5.74) is 5.69. The number of hydrogen-bond donors (Lipinski definition) is 3. The summed E-state index contributed by atoms with van der Waals surface area (Å²) < 4.78 is 0. The molecule has 0 aliphatic rings. The number of hydrazine groups is 2. The number of carbonyl (C=O) groups is 2. The second-order valence-electron chi connectivity index (χ2n) is 3.27. The zero-order chi connectivity index (χ0) is 12.8. The van der Waals surface area contributed by atoms with Crippen LogP contribution in [0, 0.1) is 0 Å². The van der Waals surface area contributed by atoms with E-state index in [2.05, 4.69) is 11.0 Å². The zero-order valence-corrected chi connectivity index (χ0v) is 9.81. The Labute approximate surface area is 103 Å². The SMILES string of the molecule is CC(C=O)N(NNc1ccc(Cl)cc1)C(=O)O. The Kier molecular flexibility index (Phi) is 4.74. The van der Waals surface area contributed by atoms with Gasteiger partial charge in [-0.1, -0.05) is 11.6 Å². The minimum atomic E-state index is -1.26. The van der Waals surface area contributed by atoms with Crippen molar-refractivity contribution in [1.29, 1.82) is 0 Å².